The first-order chi connectivity index (χ1) is 9.41. The molecule has 0 aromatic heterocycles. The highest BCUT2D eigenvalue weighted by molar-refractivity contribution is 5.81. The molecule has 0 aliphatic heterocycles. The summed E-state index contributed by atoms with van der Waals surface area (Å²) in [4.78, 5) is 23.5. The van der Waals surface area contributed by atoms with Crippen LogP contribution in [-0.4, -0.2) is 23.0 Å². The van der Waals surface area contributed by atoms with E-state index in [-0.39, 0.29) is 11.9 Å². The molecule has 1 amide bonds. The molecule has 1 aliphatic carbocycles. The SMILES string of the molecule is Cc1cccc(CC(=O)NC2CCCC2(C)C(=O)O)c1. The van der Waals surface area contributed by atoms with Crippen molar-refractivity contribution in [2.24, 2.45) is 5.41 Å². The number of aryl methyl sites for hydroxylation is 1. The summed E-state index contributed by atoms with van der Waals surface area (Å²) in [6.07, 6.45) is 2.51. The van der Waals surface area contributed by atoms with Crippen LogP contribution in [0, 0.1) is 12.3 Å². The summed E-state index contributed by atoms with van der Waals surface area (Å²) in [5.41, 5.74) is 1.24. The predicted molar refractivity (Wildman–Crippen MR) is 76.4 cm³/mol. The van der Waals surface area contributed by atoms with Gasteiger partial charge in [-0.3, -0.25) is 9.59 Å². The number of benzene rings is 1. The molecule has 0 saturated heterocycles. The topological polar surface area (TPSA) is 66.4 Å². The lowest BCUT2D eigenvalue weighted by Gasteiger charge is -2.27. The van der Waals surface area contributed by atoms with E-state index in [9.17, 15) is 14.7 Å². The minimum Gasteiger partial charge on any atom is -0.481 e. The minimum atomic E-state index is -0.831. The third-order valence-electron chi connectivity index (χ3n) is 4.23. The number of carboxylic acids is 1. The van der Waals surface area contributed by atoms with Gasteiger partial charge in [0.2, 0.25) is 5.91 Å². The molecular formula is C16H21NO3. The van der Waals surface area contributed by atoms with Gasteiger partial charge in [0.05, 0.1) is 11.8 Å². The number of rotatable bonds is 4. The Kier molecular flexibility index (Phi) is 4.12. The normalized spacial score (nSPS) is 25.4. The Morgan fingerprint density at radius 1 is 1.45 bits per heavy atom. The number of carbonyl (C=O) groups is 2. The van der Waals surface area contributed by atoms with E-state index in [1.807, 2.05) is 31.2 Å². The van der Waals surface area contributed by atoms with Crippen molar-refractivity contribution in [3.05, 3.63) is 35.4 Å². The largest absolute Gasteiger partial charge is 0.481 e. The van der Waals surface area contributed by atoms with E-state index in [4.69, 9.17) is 0 Å². The lowest BCUT2D eigenvalue weighted by atomic mass is 9.85. The molecule has 0 radical (unpaired) electrons. The van der Waals surface area contributed by atoms with Gasteiger partial charge >= 0.3 is 5.97 Å². The summed E-state index contributed by atoms with van der Waals surface area (Å²) in [5.74, 6) is -0.925. The smallest absolute Gasteiger partial charge is 0.311 e. The number of hydrogen-bond donors (Lipinski definition) is 2. The Labute approximate surface area is 119 Å². The van der Waals surface area contributed by atoms with Gasteiger partial charge in [-0.05, 0) is 32.3 Å². The summed E-state index contributed by atoms with van der Waals surface area (Å²) in [6.45, 7) is 3.71. The van der Waals surface area contributed by atoms with Crippen molar-refractivity contribution in [3.63, 3.8) is 0 Å². The molecule has 108 valence electrons. The fourth-order valence-electron chi connectivity index (χ4n) is 2.91. The van der Waals surface area contributed by atoms with Gasteiger partial charge in [0.15, 0.2) is 0 Å². The fourth-order valence-corrected chi connectivity index (χ4v) is 2.91. The zero-order chi connectivity index (χ0) is 14.8. The van der Waals surface area contributed by atoms with E-state index in [0.717, 1.165) is 24.0 Å². The molecule has 2 atom stereocenters. The second-order valence-electron chi connectivity index (χ2n) is 5.90. The van der Waals surface area contributed by atoms with Crippen LogP contribution in [0.1, 0.15) is 37.3 Å². The Morgan fingerprint density at radius 2 is 2.20 bits per heavy atom. The molecule has 1 aromatic rings. The van der Waals surface area contributed by atoms with E-state index in [0.29, 0.717) is 12.8 Å². The van der Waals surface area contributed by atoms with Gasteiger partial charge in [-0.15, -0.1) is 0 Å². The van der Waals surface area contributed by atoms with Crippen LogP contribution in [0.3, 0.4) is 0 Å². The first-order valence-electron chi connectivity index (χ1n) is 7.00. The second kappa shape index (κ2) is 5.65. The summed E-state index contributed by atoms with van der Waals surface area (Å²) in [7, 11) is 0. The zero-order valence-electron chi connectivity index (χ0n) is 12.0. The van der Waals surface area contributed by atoms with Crippen molar-refractivity contribution in [3.8, 4) is 0 Å². The van der Waals surface area contributed by atoms with Crippen molar-refractivity contribution in [1.82, 2.24) is 5.32 Å². The minimum absolute atomic E-state index is 0.102. The van der Waals surface area contributed by atoms with Crippen LogP contribution in [0.15, 0.2) is 24.3 Å². The van der Waals surface area contributed by atoms with Crippen LogP contribution in [0.5, 0.6) is 0 Å². The highest BCUT2D eigenvalue weighted by Crippen LogP contribution is 2.38. The standard InChI is InChI=1S/C16H21NO3/c1-11-5-3-6-12(9-11)10-14(18)17-13-7-4-8-16(13,2)15(19)20/h3,5-6,9,13H,4,7-8,10H2,1-2H3,(H,17,18)(H,19,20). The van der Waals surface area contributed by atoms with E-state index in [1.54, 1.807) is 6.92 Å². The van der Waals surface area contributed by atoms with E-state index in [1.165, 1.54) is 0 Å². The van der Waals surface area contributed by atoms with Crippen LogP contribution < -0.4 is 5.32 Å². The van der Waals surface area contributed by atoms with Crippen molar-refractivity contribution in [1.29, 1.82) is 0 Å². The zero-order valence-corrected chi connectivity index (χ0v) is 12.0. The van der Waals surface area contributed by atoms with Gasteiger partial charge in [-0.1, -0.05) is 36.2 Å². The summed E-state index contributed by atoms with van der Waals surface area (Å²) >= 11 is 0. The molecule has 4 nitrogen and oxygen atoms in total. The third-order valence-corrected chi connectivity index (χ3v) is 4.23. The van der Waals surface area contributed by atoms with Gasteiger partial charge in [-0.2, -0.15) is 0 Å². The molecule has 2 N–H and O–H groups in total. The summed E-state index contributed by atoms with van der Waals surface area (Å²) in [5, 5.41) is 12.2. The van der Waals surface area contributed by atoms with Crippen LogP contribution in [-0.2, 0) is 16.0 Å². The molecule has 0 heterocycles. The Bertz CT molecular complexity index is 526. The van der Waals surface area contributed by atoms with E-state index >= 15 is 0 Å². The highest BCUT2D eigenvalue weighted by Gasteiger charge is 2.45. The summed E-state index contributed by atoms with van der Waals surface area (Å²) < 4.78 is 0. The fraction of sp³-hybridized carbons (Fsp3) is 0.500. The first kappa shape index (κ1) is 14.6. The maximum atomic E-state index is 12.1. The number of aliphatic carboxylic acids is 1. The average Bonchev–Trinajstić information content (AvgIpc) is 2.72. The number of nitrogens with one attached hydrogen (secondary N) is 1. The van der Waals surface area contributed by atoms with Crippen LogP contribution in [0.25, 0.3) is 0 Å². The molecule has 1 saturated carbocycles. The molecule has 0 spiro atoms. The van der Waals surface area contributed by atoms with Crippen molar-refractivity contribution in [2.45, 2.75) is 45.6 Å². The number of carboxylic acid groups (broad SMARTS) is 1. The first-order valence-corrected chi connectivity index (χ1v) is 7.00. The number of carbonyl (C=O) groups excluding carboxylic acids is 1. The van der Waals surface area contributed by atoms with Crippen LogP contribution >= 0.6 is 0 Å². The predicted octanol–water partition coefficient (Wildman–Crippen LogP) is 2.30. The number of amides is 1. The van der Waals surface area contributed by atoms with Gasteiger partial charge < -0.3 is 10.4 Å². The third kappa shape index (κ3) is 3.00. The average molecular weight is 275 g/mol. The van der Waals surface area contributed by atoms with Gasteiger partial charge in [-0.25, -0.2) is 0 Å². The van der Waals surface area contributed by atoms with Crippen molar-refractivity contribution < 1.29 is 14.7 Å². The summed E-state index contributed by atoms with van der Waals surface area (Å²) in [6, 6.07) is 7.54. The lowest BCUT2D eigenvalue weighted by molar-refractivity contribution is -0.149. The van der Waals surface area contributed by atoms with Crippen molar-refractivity contribution >= 4 is 11.9 Å². The molecule has 1 aliphatic rings. The van der Waals surface area contributed by atoms with E-state index in [2.05, 4.69) is 5.32 Å². The van der Waals surface area contributed by atoms with Crippen LogP contribution in [0.2, 0.25) is 0 Å². The monoisotopic (exact) mass is 275 g/mol. The van der Waals surface area contributed by atoms with Gasteiger partial charge in [0.25, 0.3) is 0 Å². The Balaban J connectivity index is 2.00. The number of hydrogen-bond acceptors (Lipinski definition) is 2. The molecule has 2 rings (SSSR count). The van der Waals surface area contributed by atoms with Gasteiger partial charge in [0.1, 0.15) is 0 Å². The molecule has 20 heavy (non-hydrogen) atoms. The molecule has 4 heteroatoms. The molecule has 0 bridgehead atoms. The van der Waals surface area contributed by atoms with Gasteiger partial charge in [0, 0.05) is 6.04 Å². The Morgan fingerprint density at radius 3 is 2.85 bits per heavy atom. The highest BCUT2D eigenvalue weighted by atomic mass is 16.4. The van der Waals surface area contributed by atoms with Crippen LogP contribution in [0.4, 0.5) is 0 Å². The maximum Gasteiger partial charge on any atom is 0.311 e. The second-order valence-corrected chi connectivity index (χ2v) is 5.90. The molecular weight excluding hydrogens is 254 g/mol. The van der Waals surface area contributed by atoms with E-state index < -0.39 is 11.4 Å². The molecule has 1 fully saturated rings. The molecule has 2 unspecified atom stereocenters. The lowest BCUT2D eigenvalue weighted by Crippen LogP contribution is -2.47. The molecule has 1 aromatic carbocycles. The quantitative estimate of drug-likeness (QED) is 0.886. The Hall–Kier alpha value is -1.84. The maximum absolute atomic E-state index is 12.1. The van der Waals surface area contributed by atoms with Crippen molar-refractivity contribution in [2.75, 3.05) is 0 Å².